The summed E-state index contributed by atoms with van der Waals surface area (Å²) in [5.41, 5.74) is 1.74. The third kappa shape index (κ3) is 14.2. The van der Waals surface area contributed by atoms with E-state index in [2.05, 4.69) is 0 Å². The number of aliphatic carboxylic acids is 1. The van der Waals surface area contributed by atoms with E-state index in [0.717, 1.165) is 11.1 Å². The van der Waals surface area contributed by atoms with Crippen LogP contribution in [0.3, 0.4) is 0 Å². The van der Waals surface area contributed by atoms with Crippen molar-refractivity contribution in [2.24, 2.45) is 0 Å². The van der Waals surface area contributed by atoms with E-state index in [0.29, 0.717) is 19.6 Å². The maximum Gasteiger partial charge on any atom is 0.320 e. The van der Waals surface area contributed by atoms with Crippen LogP contribution in [0.1, 0.15) is 18.1 Å². The molecular weight excluding hydrogens is 456 g/mol. The Labute approximate surface area is 204 Å². The van der Waals surface area contributed by atoms with Gasteiger partial charge in [-0.3, -0.25) is 29.0 Å². The first-order valence-corrected chi connectivity index (χ1v) is 11.0. The topological polar surface area (TPSA) is 134 Å². The highest BCUT2D eigenvalue weighted by molar-refractivity contribution is 5.75. The van der Waals surface area contributed by atoms with Crippen molar-refractivity contribution in [3.63, 3.8) is 0 Å². The Hall–Kier alpha value is -3.76. The summed E-state index contributed by atoms with van der Waals surface area (Å²) >= 11 is 0. The molecule has 35 heavy (non-hydrogen) atoms. The van der Waals surface area contributed by atoms with Crippen molar-refractivity contribution in [1.29, 1.82) is 0 Å². The van der Waals surface area contributed by atoms with Gasteiger partial charge in [0.1, 0.15) is 13.2 Å². The molecule has 0 amide bonds. The molecule has 0 heterocycles. The van der Waals surface area contributed by atoms with Crippen molar-refractivity contribution in [2.75, 3.05) is 39.3 Å². The number of hydrogen-bond donors (Lipinski definition) is 2. The van der Waals surface area contributed by atoms with E-state index in [-0.39, 0.29) is 39.3 Å². The van der Waals surface area contributed by atoms with Crippen LogP contribution in [0, 0.1) is 0 Å². The number of carboxylic acid groups (broad SMARTS) is 2. The zero-order valence-corrected chi connectivity index (χ0v) is 19.7. The molecule has 0 fully saturated rings. The zero-order valence-electron chi connectivity index (χ0n) is 19.7. The Morgan fingerprint density at radius 3 is 1.54 bits per heavy atom. The highest BCUT2D eigenvalue weighted by Crippen LogP contribution is 2.04. The third-order valence-corrected chi connectivity index (χ3v) is 4.73. The SMILES string of the molecule is CCN(CCN(CC(=O)OCc1ccccc1)CC(=O)OCc1ccccc1)CC(=O)O.O=CO. The van der Waals surface area contributed by atoms with Crippen molar-refractivity contribution in [3.8, 4) is 0 Å². The van der Waals surface area contributed by atoms with E-state index in [1.54, 1.807) is 9.80 Å². The first-order chi connectivity index (χ1) is 16.9. The Bertz CT molecular complexity index is 835. The highest BCUT2D eigenvalue weighted by atomic mass is 16.5. The molecule has 2 rings (SSSR count). The van der Waals surface area contributed by atoms with E-state index in [9.17, 15) is 14.4 Å². The Kier molecular flexibility index (Phi) is 14.8. The number of esters is 2. The summed E-state index contributed by atoms with van der Waals surface area (Å²) in [5.74, 6) is -1.86. The van der Waals surface area contributed by atoms with Gasteiger partial charge in [0.2, 0.25) is 0 Å². The Morgan fingerprint density at radius 1 is 0.771 bits per heavy atom. The minimum absolute atomic E-state index is 0.0993. The standard InChI is InChI=1S/C24H30N2O6.CH2O2/c1-2-25(15-22(27)28)13-14-26(16-23(29)31-18-20-9-5-3-6-10-20)17-24(30)32-19-21-11-7-4-8-12-21;2-1-3/h3-12H,2,13-19H2,1H3,(H,27,28);1H,(H,2,3). The van der Waals surface area contributed by atoms with Crippen LogP contribution in [-0.4, -0.2) is 83.7 Å². The summed E-state index contributed by atoms with van der Waals surface area (Å²) in [7, 11) is 0. The molecule has 0 bridgehead atoms. The first-order valence-electron chi connectivity index (χ1n) is 11.0. The molecule has 0 aliphatic heterocycles. The van der Waals surface area contributed by atoms with Gasteiger partial charge >= 0.3 is 17.9 Å². The fraction of sp³-hybridized carbons (Fsp3) is 0.360. The van der Waals surface area contributed by atoms with Crippen LogP contribution < -0.4 is 0 Å². The molecule has 0 unspecified atom stereocenters. The quantitative estimate of drug-likeness (QED) is 0.300. The minimum Gasteiger partial charge on any atom is -0.483 e. The number of benzene rings is 2. The average molecular weight is 489 g/mol. The van der Waals surface area contributed by atoms with Crippen molar-refractivity contribution >= 4 is 24.4 Å². The number of carboxylic acids is 1. The average Bonchev–Trinajstić information content (AvgIpc) is 2.85. The second kappa shape index (κ2) is 17.7. The van der Waals surface area contributed by atoms with E-state index in [1.807, 2.05) is 67.6 Å². The maximum absolute atomic E-state index is 12.4. The van der Waals surface area contributed by atoms with Crippen LogP contribution in [0.2, 0.25) is 0 Å². The number of hydrogen-bond acceptors (Lipinski definition) is 8. The van der Waals surface area contributed by atoms with Gasteiger partial charge in [0.15, 0.2) is 0 Å². The van der Waals surface area contributed by atoms with E-state index >= 15 is 0 Å². The Morgan fingerprint density at radius 2 is 1.17 bits per heavy atom. The smallest absolute Gasteiger partial charge is 0.320 e. The largest absolute Gasteiger partial charge is 0.483 e. The molecule has 2 aromatic carbocycles. The molecule has 0 aliphatic carbocycles. The number of rotatable bonds is 14. The van der Waals surface area contributed by atoms with E-state index in [1.165, 1.54) is 0 Å². The highest BCUT2D eigenvalue weighted by Gasteiger charge is 2.18. The fourth-order valence-electron chi connectivity index (χ4n) is 2.97. The van der Waals surface area contributed by atoms with Crippen molar-refractivity contribution in [3.05, 3.63) is 71.8 Å². The van der Waals surface area contributed by atoms with Crippen LogP contribution in [0.15, 0.2) is 60.7 Å². The number of carbonyl (C=O) groups excluding carboxylic acids is 2. The lowest BCUT2D eigenvalue weighted by Gasteiger charge is -2.24. The van der Waals surface area contributed by atoms with Crippen LogP contribution in [-0.2, 0) is 41.9 Å². The number of nitrogens with zero attached hydrogens (tertiary/aromatic N) is 2. The lowest BCUT2D eigenvalue weighted by Crippen LogP contribution is -2.42. The predicted octanol–water partition coefficient (Wildman–Crippen LogP) is 1.88. The van der Waals surface area contributed by atoms with Crippen molar-refractivity contribution in [1.82, 2.24) is 9.80 Å². The molecule has 190 valence electrons. The van der Waals surface area contributed by atoms with Crippen LogP contribution in [0.5, 0.6) is 0 Å². The zero-order chi connectivity index (χ0) is 25.9. The lowest BCUT2D eigenvalue weighted by atomic mass is 10.2. The summed E-state index contributed by atoms with van der Waals surface area (Å²) in [5, 5.41) is 15.9. The van der Waals surface area contributed by atoms with Crippen LogP contribution >= 0.6 is 0 Å². The van der Waals surface area contributed by atoms with Crippen LogP contribution in [0.4, 0.5) is 0 Å². The van der Waals surface area contributed by atoms with Gasteiger partial charge in [0.05, 0.1) is 19.6 Å². The second-order valence-corrected chi connectivity index (χ2v) is 7.37. The molecule has 0 aromatic heterocycles. The molecule has 0 saturated heterocycles. The van der Waals surface area contributed by atoms with E-state index in [4.69, 9.17) is 24.5 Å². The molecule has 0 spiro atoms. The van der Waals surface area contributed by atoms with Gasteiger partial charge in [0, 0.05) is 13.1 Å². The van der Waals surface area contributed by atoms with Gasteiger partial charge in [-0.1, -0.05) is 67.6 Å². The minimum atomic E-state index is -0.928. The molecule has 10 nitrogen and oxygen atoms in total. The second-order valence-electron chi connectivity index (χ2n) is 7.37. The Balaban J connectivity index is 0.00000194. The maximum atomic E-state index is 12.4. The normalized spacial score (nSPS) is 10.3. The van der Waals surface area contributed by atoms with E-state index < -0.39 is 17.9 Å². The summed E-state index contributed by atoms with van der Waals surface area (Å²) < 4.78 is 10.7. The molecule has 0 aliphatic rings. The molecular formula is C25H32N2O8. The summed E-state index contributed by atoms with van der Waals surface area (Å²) in [4.78, 5) is 47.4. The number of likely N-dealkylation sites (N-methyl/N-ethyl adjacent to an activating group) is 1. The molecule has 0 atom stereocenters. The van der Waals surface area contributed by atoms with Gasteiger partial charge in [-0.2, -0.15) is 0 Å². The first kappa shape index (κ1) is 29.3. The molecule has 2 N–H and O–H groups in total. The summed E-state index contributed by atoms with van der Waals surface area (Å²) in [6.45, 7) is 2.84. The van der Waals surface area contributed by atoms with Crippen molar-refractivity contribution in [2.45, 2.75) is 20.1 Å². The molecule has 2 aromatic rings. The summed E-state index contributed by atoms with van der Waals surface area (Å²) in [6.07, 6.45) is 0. The van der Waals surface area contributed by atoms with Gasteiger partial charge in [-0.25, -0.2) is 0 Å². The monoisotopic (exact) mass is 488 g/mol. The molecule has 0 saturated carbocycles. The number of ether oxygens (including phenoxy) is 2. The fourth-order valence-corrected chi connectivity index (χ4v) is 2.97. The lowest BCUT2D eigenvalue weighted by molar-refractivity contribution is -0.150. The van der Waals surface area contributed by atoms with Gasteiger partial charge in [-0.15, -0.1) is 0 Å². The third-order valence-electron chi connectivity index (χ3n) is 4.73. The molecule has 10 heteroatoms. The van der Waals surface area contributed by atoms with Gasteiger partial charge in [-0.05, 0) is 17.7 Å². The number of carbonyl (C=O) groups is 4. The molecule has 0 radical (unpaired) electrons. The van der Waals surface area contributed by atoms with Gasteiger partial charge < -0.3 is 19.7 Å². The van der Waals surface area contributed by atoms with Crippen molar-refractivity contribution < 1.29 is 38.9 Å². The van der Waals surface area contributed by atoms with Gasteiger partial charge in [0.25, 0.3) is 6.47 Å². The predicted molar refractivity (Wildman–Crippen MR) is 127 cm³/mol. The van der Waals surface area contributed by atoms with Crippen LogP contribution in [0.25, 0.3) is 0 Å². The summed E-state index contributed by atoms with van der Waals surface area (Å²) in [6, 6.07) is 18.6.